The number of hydrogen-bond acceptors (Lipinski definition) is 2. The van der Waals surface area contributed by atoms with Gasteiger partial charge in [0, 0.05) is 13.1 Å². The quantitative estimate of drug-likeness (QED) is 0.898. The van der Waals surface area contributed by atoms with Gasteiger partial charge in [-0.15, -0.1) is 12.4 Å². The predicted molar refractivity (Wildman–Crippen MR) is 71.4 cm³/mol. The number of hydrogen-bond donors (Lipinski definition) is 1. The smallest absolute Gasteiger partial charge is 0.310 e. The minimum atomic E-state index is -0.830. The fraction of sp³-hybridized carbons (Fsp3) is 0.462. The Balaban J connectivity index is 0.00000289. The maximum absolute atomic E-state index is 13.0. The van der Waals surface area contributed by atoms with Crippen molar-refractivity contribution in [1.29, 1.82) is 0 Å². The molecule has 0 heterocycles. The van der Waals surface area contributed by atoms with Gasteiger partial charge in [0.1, 0.15) is 5.82 Å². The van der Waals surface area contributed by atoms with E-state index in [0.29, 0.717) is 13.1 Å². The molecule has 0 aliphatic heterocycles. The molecule has 0 spiro atoms. The molecule has 102 valence electrons. The molecule has 1 N–H and O–H groups in total. The summed E-state index contributed by atoms with van der Waals surface area (Å²) >= 11 is 0. The van der Waals surface area contributed by atoms with Crippen LogP contribution in [0.15, 0.2) is 24.3 Å². The molecule has 0 radical (unpaired) electrons. The number of rotatable bonds is 5. The SMILES string of the molecule is CN(Cc1cccc(F)c1)CC(C)(C)C(=O)O.Cl. The normalized spacial score (nSPS) is 11.2. The zero-order valence-corrected chi connectivity index (χ0v) is 11.6. The van der Waals surface area contributed by atoms with Gasteiger partial charge in [-0.05, 0) is 38.6 Å². The summed E-state index contributed by atoms with van der Waals surface area (Å²) in [7, 11) is 1.83. The Morgan fingerprint density at radius 1 is 1.44 bits per heavy atom. The van der Waals surface area contributed by atoms with Crippen LogP contribution in [-0.2, 0) is 11.3 Å². The van der Waals surface area contributed by atoms with Crippen molar-refractivity contribution in [1.82, 2.24) is 4.90 Å². The van der Waals surface area contributed by atoms with Crippen molar-refractivity contribution >= 4 is 18.4 Å². The summed E-state index contributed by atoms with van der Waals surface area (Å²) in [6.45, 7) is 4.31. The van der Waals surface area contributed by atoms with Gasteiger partial charge in [0.25, 0.3) is 0 Å². The van der Waals surface area contributed by atoms with Crippen LogP contribution >= 0.6 is 12.4 Å². The number of carboxylic acids is 1. The topological polar surface area (TPSA) is 40.5 Å². The molecule has 1 aromatic carbocycles. The molecule has 1 rings (SSSR count). The lowest BCUT2D eigenvalue weighted by Gasteiger charge is -2.26. The van der Waals surface area contributed by atoms with Gasteiger partial charge in [0.2, 0.25) is 0 Å². The summed E-state index contributed by atoms with van der Waals surface area (Å²) < 4.78 is 13.0. The largest absolute Gasteiger partial charge is 0.481 e. The first-order valence-corrected chi connectivity index (χ1v) is 5.47. The number of carboxylic acid groups (broad SMARTS) is 1. The van der Waals surface area contributed by atoms with E-state index in [2.05, 4.69) is 0 Å². The van der Waals surface area contributed by atoms with E-state index < -0.39 is 11.4 Å². The third-order valence-electron chi connectivity index (χ3n) is 2.59. The molecule has 1 aromatic rings. The lowest BCUT2D eigenvalue weighted by Crippen LogP contribution is -2.36. The molecular formula is C13H19ClFNO2. The van der Waals surface area contributed by atoms with Crippen LogP contribution < -0.4 is 0 Å². The van der Waals surface area contributed by atoms with E-state index in [4.69, 9.17) is 5.11 Å². The number of nitrogens with zero attached hydrogens (tertiary/aromatic N) is 1. The molecule has 0 saturated heterocycles. The molecule has 0 fully saturated rings. The van der Waals surface area contributed by atoms with Crippen LogP contribution in [0.2, 0.25) is 0 Å². The highest BCUT2D eigenvalue weighted by atomic mass is 35.5. The number of halogens is 2. The second kappa shape index (κ2) is 6.71. The highest BCUT2D eigenvalue weighted by Gasteiger charge is 2.28. The van der Waals surface area contributed by atoms with Gasteiger partial charge in [-0.1, -0.05) is 12.1 Å². The van der Waals surface area contributed by atoms with E-state index in [9.17, 15) is 9.18 Å². The Labute approximate surface area is 113 Å². The van der Waals surface area contributed by atoms with E-state index in [-0.39, 0.29) is 18.2 Å². The van der Waals surface area contributed by atoms with Crippen LogP contribution in [0.3, 0.4) is 0 Å². The highest BCUT2D eigenvalue weighted by molar-refractivity contribution is 5.85. The minimum absolute atomic E-state index is 0. The summed E-state index contributed by atoms with van der Waals surface area (Å²) in [5.41, 5.74) is 0.0379. The van der Waals surface area contributed by atoms with Gasteiger partial charge in [-0.3, -0.25) is 4.79 Å². The first-order chi connectivity index (χ1) is 7.81. The number of carbonyl (C=O) groups is 1. The molecule has 0 unspecified atom stereocenters. The zero-order valence-electron chi connectivity index (χ0n) is 10.8. The van der Waals surface area contributed by atoms with Crippen LogP contribution in [-0.4, -0.2) is 29.6 Å². The molecule has 5 heteroatoms. The average molecular weight is 276 g/mol. The van der Waals surface area contributed by atoms with Crippen molar-refractivity contribution in [3.05, 3.63) is 35.6 Å². The zero-order chi connectivity index (χ0) is 13.1. The van der Waals surface area contributed by atoms with Crippen LogP contribution in [0.25, 0.3) is 0 Å². The van der Waals surface area contributed by atoms with Crippen LogP contribution in [0.5, 0.6) is 0 Å². The average Bonchev–Trinajstić information content (AvgIpc) is 2.15. The third-order valence-corrected chi connectivity index (χ3v) is 2.59. The Kier molecular flexibility index (Phi) is 6.29. The minimum Gasteiger partial charge on any atom is -0.481 e. The van der Waals surface area contributed by atoms with Gasteiger partial charge < -0.3 is 10.0 Å². The first-order valence-electron chi connectivity index (χ1n) is 5.47. The molecule has 0 bridgehead atoms. The van der Waals surface area contributed by atoms with Crippen LogP contribution in [0, 0.1) is 11.2 Å². The van der Waals surface area contributed by atoms with Crippen molar-refractivity contribution in [2.45, 2.75) is 20.4 Å². The summed E-state index contributed by atoms with van der Waals surface area (Å²) in [6.07, 6.45) is 0. The highest BCUT2D eigenvalue weighted by Crippen LogP contribution is 2.17. The van der Waals surface area contributed by atoms with Gasteiger partial charge in [0.05, 0.1) is 5.41 Å². The van der Waals surface area contributed by atoms with Gasteiger partial charge in [0.15, 0.2) is 0 Å². The Morgan fingerprint density at radius 2 is 2.06 bits per heavy atom. The van der Waals surface area contributed by atoms with E-state index >= 15 is 0 Å². The summed E-state index contributed by atoms with van der Waals surface area (Å²) in [6, 6.07) is 6.34. The maximum atomic E-state index is 13.0. The van der Waals surface area contributed by atoms with Crippen molar-refractivity contribution < 1.29 is 14.3 Å². The molecule has 0 aromatic heterocycles. The lowest BCUT2D eigenvalue weighted by atomic mass is 9.93. The molecule has 0 amide bonds. The van der Waals surface area contributed by atoms with E-state index in [1.165, 1.54) is 12.1 Å². The molecular weight excluding hydrogens is 257 g/mol. The van der Waals surface area contributed by atoms with E-state index in [0.717, 1.165) is 5.56 Å². The Bertz CT molecular complexity index is 410. The van der Waals surface area contributed by atoms with E-state index in [1.54, 1.807) is 19.9 Å². The monoisotopic (exact) mass is 275 g/mol. The fourth-order valence-corrected chi connectivity index (χ4v) is 1.75. The number of aliphatic carboxylic acids is 1. The molecule has 0 aliphatic rings. The second-order valence-corrected chi connectivity index (χ2v) is 4.99. The Morgan fingerprint density at radius 3 is 2.56 bits per heavy atom. The molecule has 18 heavy (non-hydrogen) atoms. The molecule has 0 saturated carbocycles. The Hall–Kier alpha value is -1.13. The van der Waals surface area contributed by atoms with Crippen LogP contribution in [0.4, 0.5) is 4.39 Å². The lowest BCUT2D eigenvalue weighted by molar-refractivity contribution is -0.147. The number of benzene rings is 1. The van der Waals surface area contributed by atoms with Crippen molar-refractivity contribution in [3.63, 3.8) is 0 Å². The van der Waals surface area contributed by atoms with Crippen molar-refractivity contribution in [2.75, 3.05) is 13.6 Å². The predicted octanol–water partition coefficient (Wildman–Crippen LogP) is 2.79. The molecule has 0 atom stereocenters. The van der Waals surface area contributed by atoms with Gasteiger partial charge >= 0.3 is 5.97 Å². The van der Waals surface area contributed by atoms with Crippen molar-refractivity contribution in [3.8, 4) is 0 Å². The second-order valence-electron chi connectivity index (χ2n) is 4.99. The third kappa shape index (κ3) is 5.02. The molecule has 3 nitrogen and oxygen atoms in total. The standard InChI is InChI=1S/C13H18FNO2.ClH/c1-13(2,12(16)17)9-15(3)8-10-5-4-6-11(14)7-10;/h4-7H,8-9H2,1-3H3,(H,16,17);1H. The fourth-order valence-electron chi connectivity index (χ4n) is 1.75. The maximum Gasteiger partial charge on any atom is 0.310 e. The van der Waals surface area contributed by atoms with Gasteiger partial charge in [-0.25, -0.2) is 4.39 Å². The summed E-state index contributed by atoms with van der Waals surface area (Å²) in [5.74, 6) is -1.10. The summed E-state index contributed by atoms with van der Waals surface area (Å²) in [4.78, 5) is 12.9. The summed E-state index contributed by atoms with van der Waals surface area (Å²) in [5, 5.41) is 9.01. The first kappa shape index (κ1) is 16.9. The van der Waals surface area contributed by atoms with Crippen LogP contribution in [0.1, 0.15) is 19.4 Å². The molecule has 0 aliphatic carbocycles. The van der Waals surface area contributed by atoms with E-state index in [1.807, 2.05) is 18.0 Å². The van der Waals surface area contributed by atoms with Gasteiger partial charge in [-0.2, -0.15) is 0 Å². The van der Waals surface area contributed by atoms with Crippen molar-refractivity contribution in [2.24, 2.45) is 5.41 Å².